The number of rotatable bonds is 0. The lowest BCUT2D eigenvalue weighted by molar-refractivity contribution is -0.137. The van der Waals surface area contributed by atoms with E-state index in [-0.39, 0.29) is 24.4 Å². The molecule has 0 radical (unpaired) electrons. The van der Waals surface area contributed by atoms with Crippen molar-refractivity contribution in [3.05, 3.63) is 0 Å². The molecule has 0 aromatic rings. The Labute approximate surface area is 58.4 Å². The zero-order valence-corrected chi connectivity index (χ0v) is 5.55. The van der Waals surface area contributed by atoms with Crippen LogP contribution in [0.1, 0.15) is 25.7 Å². The van der Waals surface area contributed by atoms with Crippen molar-refractivity contribution < 1.29 is 14.4 Å². The van der Waals surface area contributed by atoms with Crippen molar-refractivity contribution in [2.45, 2.75) is 25.7 Å². The van der Waals surface area contributed by atoms with Crippen molar-refractivity contribution in [1.82, 2.24) is 0 Å². The highest BCUT2D eigenvalue weighted by molar-refractivity contribution is 6.40. The number of hydrogen-bond donors (Lipinski definition) is 0. The molecule has 0 heterocycles. The Morgan fingerprint density at radius 3 is 2.30 bits per heavy atom. The Hall–Kier alpha value is -0.990. The molecular formula is C7H8O3. The van der Waals surface area contributed by atoms with Crippen molar-refractivity contribution in [3.8, 4) is 0 Å². The quantitative estimate of drug-likeness (QED) is 0.275. The molecule has 0 aliphatic heterocycles. The second kappa shape index (κ2) is 2.73. The van der Waals surface area contributed by atoms with E-state index < -0.39 is 5.78 Å². The number of carbonyl (C=O) groups is 3. The average molecular weight is 140 g/mol. The van der Waals surface area contributed by atoms with Gasteiger partial charge in [0.1, 0.15) is 5.78 Å². The lowest BCUT2D eigenvalue weighted by atomic mass is 10.2. The van der Waals surface area contributed by atoms with Gasteiger partial charge in [-0.2, -0.15) is 0 Å². The van der Waals surface area contributed by atoms with Gasteiger partial charge in [-0.3, -0.25) is 14.4 Å². The van der Waals surface area contributed by atoms with Gasteiger partial charge in [-0.1, -0.05) is 0 Å². The molecule has 0 bridgehead atoms. The van der Waals surface area contributed by atoms with Gasteiger partial charge in [0.25, 0.3) is 0 Å². The van der Waals surface area contributed by atoms with E-state index in [0.29, 0.717) is 12.8 Å². The number of hydrogen-bond acceptors (Lipinski definition) is 3. The molecule has 0 aromatic carbocycles. The first-order chi connectivity index (χ1) is 4.70. The van der Waals surface area contributed by atoms with Gasteiger partial charge in [-0.05, 0) is 6.42 Å². The molecule has 3 nitrogen and oxygen atoms in total. The molecule has 1 aliphatic rings. The first-order valence-electron chi connectivity index (χ1n) is 3.28. The maximum Gasteiger partial charge on any atom is 0.205 e. The van der Waals surface area contributed by atoms with Crippen molar-refractivity contribution in [2.75, 3.05) is 0 Å². The van der Waals surface area contributed by atoms with E-state index in [9.17, 15) is 14.4 Å². The smallest absolute Gasteiger partial charge is 0.205 e. The van der Waals surface area contributed by atoms with Gasteiger partial charge < -0.3 is 0 Å². The molecule has 0 N–H and O–H groups in total. The molecule has 1 saturated carbocycles. The molecule has 1 fully saturated rings. The molecule has 0 amide bonds. The summed E-state index contributed by atoms with van der Waals surface area (Å²) in [5.74, 6) is -0.996. The van der Waals surface area contributed by atoms with Crippen molar-refractivity contribution in [1.29, 1.82) is 0 Å². The molecule has 54 valence electrons. The van der Waals surface area contributed by atoms with E-state index in [1.54, 1.807) is 0 Å². The highest BCUT2D eigenvalue weighted by Gasteiger charge is 2.21. The van der Waals surface area contributed by atoms with E-state index in [4.69, 9.17) is 0 Å². The number of Topliss-reactive ketones (excluding diaryl/α,β-unsaturated/α-hetero) is 3. The third kappa shape index (κ3) is 1.50. The van der Waals surface area contributed by atoms with Crippen LogP contribution in [0.5, 0.6) is 0 Å². The van der Waals surface area contributed by atoms with Gasteiger partial charge in [0, 0.05) is 12.8 Å². The first-order valence-corrected chi connectivity index (χ1v) is 3.28. The van der Waals surface area contributed by atoms with Crippen LogP contribution in [0.3, 0.4) is 0 Å². The maximum atomic E-state index is 10.7. The van der Waals surface area contributed by atoms with Gasteiger partial charge in [0.15, 0.2) is 5.78 Å². The van der Waals surface area contributed by atoms with Crippen LogP contribution in [-0.4, -0.2) is 17.3 Å². The van der Waals surface area contributed by atoms with Crippen molar-refractivity contribution in [2.24, 2.45) is 0 Å². The summed E-state index contributed by atoms with van der Waals surface area (Å²) in [5.41, 5.74) is 0. The molecule has 1 aliphatic carbocycles. The van der Waals surface area contributed by atoms with Crippen LogP contribution in [0.15, 0.2) is 0 Å². The second-order valence-electron chi connectivity index (χ2n) is 2.42. The minimum atomic E-state index is -0.512. The van der Waals surface area contributed by atoms with Crippen LogP contribution >= 0.6 is 0 Å². The summed E-state index contributed by atoms with van der Waals surface area (Å²) in [6.07, 6.45) is 1.02. The largest absolute Gasteiger partial charge is 0.299 e. The Bertz CT molecular complexity index is 193. The van der Waals surface area contributed by atoms with Gasteiger partial charge in [-0.25, -0.2) is 0 Å². The zero-order valence-electron chi connectivity index (χ0n) is 5.55. The second-order valence-corrected chi connectivity index (χ2v) is 2.42. The predicted molar refractivity (Wildman–Crippen MR) is 33.5 cm³/mol. The molecule has 0 unspecified atom stereocenters. The van der Waals surface area contributed by atoms with Gasteiger partial charge in [-0.15, -0.1) is 0 Å². The monoisotopic (exact) mass is 140 g/mol. The molecule has 10 heavy (non-hydrogen) atoms. The van der Waals surface area contributed by atoms with E-state index in [2.05, 4.69) is 0 Å². The minimum Gasteiger partial charge on any atom is -0.299 e. The Balaban J connectivity index is 2.66. The molecule has 1 rings (SSSR count). The summed E-state index contributed by atoms with van der Waals surface area (Å²) < 4.78 is 0. The fraction of sp³-hybridized carbons (Fsp3) is 0.571. The topological polar surface area (TPSA) is 51.2 Å². The fourth-order valence-corrected chi connectivity index (χ4v) is 0.952. The van der Waals surface area contributed by atoms with E-state index >= 15 is 0 Å². The number of carbonyl (C=O) groups excluding carboxylic acids is 3. The summed E-state index contributed by atoms with van der Waals surface area (Å²) in [6, 6.07) is 0. The van der Waals surface area contributed by atoms with Crippen LogP contribution in [0.25, 0.3) is 0 Å². The summed E-state index contributed by atoms with van der Waals surface area (Å²) in [7, 11) is 0. The fourth-order valence-electron chi connectivity index (χ4n) is 0.952. The SMILES string of the molecule is O=C1CCCC(=O)C(=O)C1. The van der Waals surface area contributed by atoms with Crippen LogP contribution in [0.4, 0.5) is 0 Å². The van der Waals surface area contributed by atoms with E-state index in [0.717, 1.165) is 0 Å². The lowest BCUT2D eigenvalue weighted by Crippen LogP contribution is -2.12. The zero-order chi connectivity index (χ0) is 7.56. The van der Waals surface area contributed by atoms with Crippen LogP contribution in [0.2, 0.25) is 0 Å². The Kier molecular flexibility index (Phi) is 1.94. The van der Waals surface area contributed by atoms with Crippen LogP contribution in [-0.2, 0) is 14.4 Å². The van der Waals surface area contributed by atoms with Crippen molar-refractivity contribution >= 4 is 17.3 Å². The molecule has 0 aromatic heterocycles. The summed E-state index contributed by atoms with van der Waals surface area (Å²) in [6.45, 7) is 0. The minimum absolute atomic E-state index is 0.101. The molecule has 0 atom stereocenters. The predicted octanol–water partition coefficient (Wildman–Crippen LogP) is 0.268. The van der Waals surface area contributed by atoms with Crippen LogP contribution < -0.4 is 0 Å². The van der Waals surface area contributed by atoms with Gasteiger partial charge in [0.2, 0.25) is 5.78 Å². The van der Waals surface area contributed by atoms with E-state index in [1.165, 1.54) is 0 Å². The molecule has 0 saturated heterocycles. The standard InChI is InChI=1S/C7H8O3/c8-5-2-1-3-6(9)7(10)4-5/h1-4H2. The van der Waals surface area contributed by atoms with Crippen molar-refractivity contribution in [3.63, 3.8) is 0 Å². The Morgan fingerprint density at radius 1 is 0.900 bits per heavy atom. The molecule has 0 spiro atoms. The molecular weight excluding hydrogens is 132 g/mol. The summed E-state index contributed by atoms with van der Waals surface area (Å²) in [4.78, 5) is 32.0. The summed E-state index contributed by atoms with van der Waals surface area (Å²) >= 11 is 0. The van der Waals surface area contributed by atoms with Gasteiger partial charge in [0.05, 0.1) is 6.42 Å². The first kappa shape index (κ1) is 7.12. The highest BCUT2D eigenvalue weighted by atomic mass is 16.2. The number of ketones is 3. The lowest BCUT2D eigenvalue weighted by Gasteiger charge is -1.87. The molecule has 3 heteroatoms. The highest BCUT2D eigenvalue weighted by Crippen LogP contribution is 2.07. The average Bonchev–Trinajstić information content (AvgIpc) is 1.96. The third-order valence-electron chi connectivity index (χ3n) is 1.53. The third-order valence-corrected chi connectivity index (χ3v) is 1.53. The summed E-state index contributed by atoms with van der Waals surface area (Å²) in [5, 5.41) is 0. The van der Waals surface area contributed by atoms with Gasteiger partial charge >= 0.3 is 0 Å². The van der Waals surface area contributed by atoms with Crippen LogP contribution in [0, 0.1) is 0 Å². The maximum absolute atomic E-state index is 10.7. The Morgan fingerprint density at radius 2 is 1.60 bits per heavy atom. The normalized spacial score (nSPS) is 21.0. The van der Waals surface area contributed by atoms with E-state index in [1.807, 2.05) is 0 Å².